The van der Waals surface area contributed by atoms with Crippen molar-refractivity contribution in [1.82, 2.24) is 48.8 Å². The van der Waals surface area contributed by atoms with E-state index in [0.717, 1.165) is 11.1 Å². The maximum atomic E-state index is 13.6. The number of benzene rings is 1. The number of amides is 4. The minimum absolute atomic E-state index is 0.110. The predicted molar refractivity (Wildman–Crippen MR) is 226 cm³/mol. The zero-order valence-corrected chi connectivity index (χ0v) is 34.3. The summed E-state index contributed by atoms with van der Waals surface area (Å²) in [6.07, 6.45) is 5.88. The summed E-state index contributed by atoms with van der Waals surface area (Å²) in [5, 5.41) is 15.5. The standard InChI is InChI=1S/C42H45FN12O7/c1-44-29-21-33(50-55-32(23-46-37(29)55)39(58)48-28-20-26(28)43)47-27-10-5-17-53(41(27)60)34-14-12-25(22-45-34)40(59)51(2)16-7-19-62-18-6-9-24-8-4-11-30-36(24)52(3)42(61)54(30)31-13-15-35(56)49-38(31)57/h4-5,8,10-12,14,17,21-23,26,28,31,44H,6-7,9,13,15-16,18-20H2,1-3H3,(H,47,50)(H,48,58)(H,49,56,57)/t26-,28+,31?/m0/s1. The second-order valence-corrected chi connectivity index (χ2v) is 15.3. The van der Waals surface area contributed by atoms with Gasteiger partial charge < -0.3 is 25.6 Å². The van der Waals surface area contributed by atoms with Gasteiger partial charge in [-0.15, -0.1) is 5.10 Å². The molecular formula is C42H45FN12O7. The second kappa shape index (κ2) is 17.4. The van der Waals surface area contributed by atoms with Gasteiger partial charge in [-0.2, -0.15) is 0 Å². The number of imidazole rings is 2. The van der Waals surface area contributed by atoms with E-state index in [0.29, 0.717) is 61.4 Å². The number of imide groups is 1. The molecule has 20 heteroatoms. The zero-order valence-electron chi connectivity index (χ0n) is 34.3. The molecule has 3 atom stereocenters. The number of nitrogens with one attached hydrogen (secondary N) is 4. The van der Waals surface area contributed by atoms with Crippen LogP contribution in [-0.4, -0.2) is 108 Å². The lowest BCUT2D eigenvalue weighted by atomic mass is 10.0. The van der Waals surface area contributed by atoms with Gasteiger partial charge in [-0.1, -0.05) is 12.1 Å². The monoisotopic (exact) mass is 848 g/mol. The molecule has 6 heterocycles. The van der Waals surface area contributed by atoms with E-state index in [1.807, 2.05) is 18.2 Å². The minimum Gasteiger partial charge on any atom is -0.385 e. The van der Waals surface area contributed by atoms with E-state index in [1.54, 1.807) is 67.1 Å². The van der Waals surface area contributed by atoms with E-state index in [-0.39, 0.29) is 59.8 Å². The zero-order chi connectivity index (χ0) is 43.7. The van der Waals surface area contributed by atoms with Gasteiger partial charge in [0.25, 0.3) is 17.4 Å². The lowest BCUT2D eigenvalue weighted by Crippen LogP contribution is -2.44. The Morgan fingerprint density at radius 3 is 2.56 bits per heavy atom. The van der Waals surface area contributed by atoms with Crippen LogP contribution in [0.3, 0.4) is 0 Å². The van der Waals surface area contributed by atoms with Crippen molar-refractivity contribution in [2.75, 3.05) is 44.5 Å². The molecule has 1 saturated carbocycles. The molecular weight excluding hydrogens is 804 g/mol. The number of nitrogens with zero attached hydrogens (tertiary/aromatic N) is 8. The lowest BCUT2D eigenvalue weighted by Gasteiger charge is -2.22. The number of piperidine rings is 1. The van der Waals surface area contributed by atoms with Gasteiger partial charge in [-0.05, 0) is 61.6 Å². The van der Waals surface area contributed by atoms with Gasteiger partial charge in [-0.3, -0.25) is 43.0 Å². The smallest absolute Gasteiger partial charge is 0.329 e. The molecule has 322 valence electrons. The number of hydrogen-bond acceptors (Lipinski definition) is 12. The van der Waals surface area contributed by atoms with Crippen LogP contribution in [0, 0.1) is 0 Å². The molecule has 1 aliphatic heterocycles. The van der Waals surface area contributed by atoms with Crippen molar-refractivity contribution in [2.24, 2.45) is 7.05 Å². The molecule has 4 N–H and O–H groups in total. The van der Waals surface area contributed by atoms with Gasteiger partial charge in [0.05, 0.1) is 34.5 Å². The number of carbonyl (C=O) groups excluding carboxylic acids is 4. The Morgan fingerprint density at radius 1 is 1.02 bits per heavy atom. The highest BCUT2D eigenvalue weighted by atomic mass is 19.1. The topological polar surface area (TPSA) is 221 Å². The third-order valence-corrected chi connectivity index (χ3v) is 11.0. The summed E-state index contributed by atoms with van der Waals surface area (Å²) in [5.41, 5.74) is 3.12. The number of aromatic nitrogens is 7. The largest absolute Gasteiger partial charge is 0.385 e. The van der Waals surface area contributed by atoms with E-state index >= 15 is 0 Å². The molecule has 2 fully saturated rings. The quantitative estimate of drug-likeness (QED) is 0.0816. The number of alkyl halides is 1. The third-order valence-electron chi connectivity index (χ3n) is 11.0. The number of para-hydroxylation sites is 1. The number of aryl methyl sites for hydroxylation is 2. The lowest BCUT2D eigenvalue weighted by molar-refractivity contribution is -0.135. The highest BCUT2D eigenvalue weighted by Crippen LogP contribution is 2.28. The van der Waals surface area contributed by atoms with Crippen LogP contribution in [0.15, 0.2) is 76.7 Å². The molecule has 1 aliphatic carbocycles. The summed E-state index contributed by atoms with van der Waals surface area (Å²) in [6, 6.07) is 12.4. The molecule has 0 bridgehead atoms. The molecule has 5 aromatic heterocycles. The number of pyridine rings is 2. The predicted octanol–water partition coefficient (Wildman–Crippen LogP) is 2.64. The van der Waals surface area contributed by atoms with Crippen molar-refractivity contribution >= 4 is 57.5 Å². The van der Waals surface area contributed by atoms with Crippen LogP contribution in [0.4, 0.5) is 21.6 Å². The fourth-order valence-corrected chi connectivity index (χ4v) is 7.63. The fraction of sp³-hybridized carbons (Fsp3) is 0.357. The average Bonchev–Trinajstić information content (AvgIpc) is 3.67. The van der Waals surface area contributed by atoms with Crippen molar-refractivity contribution in [3.8, 4) is 5.82 Å². The summed E-state index contributed by atoms with van der Waals surface area (Å²) in [6.45, 7) is 1.33. The summed E-state index contributed by atoms with van der Waals surface area (Å²) >= 11 is 0. The first-order valence-corrected chi connectivity index (χ1v) is 20.3. The van der Waals surface area contributed by atoms with Crippen LogP contribution in [0.2, 0.25) is 0 Å². The number of carbonyl (C=O) groups is 4. The van der Waals surface area contributed by atoms with Crippen LogP contribution in [0.1, 0.15) is 64.6 Å². The SMILES string of the molecule is CNc1cc(Nc2cccn(-c3ccc(C(=O)N(C)CCCOCCCc4cccc5c4n(C)c(=O)n5C4CCC(=O)NC4=O)cn3)c2=O)nn2c(C(=O)N[C@@H]3C[C@@H]3F)cnc12. The Labute approximate surface area is 352 Å². The van der Waals surface area contributed by atoms with Gasteiger partial charge in [0.2, 0.25) is 11.8 Å². The van der Waals surface area contributed by atoms with E-state index < -0.39 is 35.6 Å². The first-order valence-electron chi connectivity index (χ1n) is 20.3. The highest BCUT2D eigenvalue weighted by Gasteiger charge is 2.39. The Kier molecular flexibility index (Phi) is 11.7. The van der Waals surface area contributed by atoms with Crippen LogP contribution in [-0.2, 0) is 27.8 Å². The molecule has 8 rings (SSSR count). The Bertz CT molecular complexity index is 2830. The molecule has 1 saturated heterocycles. The molecule has 0 radical (unpaired) electrons. The van der Waals surface area contributed by atoms with Crippen LogP contribution >= 0.6 is 0 Å². The first-order chi connectivity index (χ1) is 29.9. The van der Waals surface area contributed by atoms with Crippen molar-refractivity contribution in [1.29, 1.82) is 0 Å². The molecule has 19 nitrogen and oxygen atoms in total. The van der Waals surface area contributed by atoms with Crippen LogP contribution in [0.25, 0.3) is 22.5 Å². The maximum Gasteiger partial charge on any atom is 0.329 e. The van der Waals surface area contributed by atoms with Crippen molar-refractivity contribution in [2.45, 2.75) is 56.8 Å². The first kappa shape index (κ1) is 41.5. The molecule has 62 heavy (non-hydrogen) atoms. The van der Waals surface area contributed by atoms with E-state index in [1.165, 1.54) is 26.0 Å². The second-order valence-electron chi connectivity index (χ2n) is 15.3. The van der Waals surface area contributed by atoms with Gasteiger partial charge in [0.15, 0.2) is 17.2 Å². The highest BCUT2D eigenvalue weighted by molar-refractivity contribution is 6.00. The van der Waals surface area contributed by atoms with Crippen LogP contribution in [0.5, 0.6) is 0 Å². The van der Waals surface area contributed by atoms with Crippen molar-refractivity contribution in [3.63, 3.8) is 0 Å². The van der Waals surface area contributed by atoms with Gasteiger partial charge in [0, 0.05) is 72.2 Å². The molecule has 1 unspecified atom stereocenters. The Balaban J connectivity index is 0.831. The number of fused-ring (bicyclic) bond motifs is 2. The Morgan fingerprint density at radius 2 is 1.82 bits per heavy atom. The number of ether oxygens (including phenoxy) is 1. The molecule has 4 amide bonds. The molecule has 1 aromatic carbocycles. The maximum absolute atomic E-state index is 13.6. The molecule has 6 aromatic rings. The van der Waals surface area contributed by atoms with E-state index in [9.17, 15) is 33.2 Å². The van der Waals surface area contributed by atoms with Crippen LogP contribution < -0.4 is 32.5 Å². The van der Waals surface area contributed by atoms with E-state index in [2.05, 4.69) is 36.3 Å². The van der Waals surface area contributed by atoms with Crippen molar-refractivity contribution < 1.29 is 28.3 Å². The summed E-state index contributed by atoms with van der Waals surface area (Å²) in [5.74, 6) is -1.04. The minimum atomic E-state index is -1.07. The van der Waals surface area contributed by atoms with Gasteiger partial charge in [0.1, 0.15) is 23.7 Å². The number of anilines is 3. The van der Waals surface area contributed by atoms with Gasteiger partial charge >= 0.3 is 5.69 Å². The Hall–Kier alpha value is -7.22. The summed E-state index contributed by atoms with van der Waals surface area (Å²) < 4.78 is 25.0. The number of halogens is 1. The normalized spacial score (nSPS) is 17.3. The summed E-state index contributed by atoms with van der Waals surface area (Å²) in [7, 11) is 5.06. The van der Waals surface area contributed by atoms with Gasteiger partial charge in [-0.25, -0.2) is 23.7 Å². The number of hydrogen-bond donors (Lipinski definition) is 4. The number of rotatable bonds is 16. The summed E-state index contributed by atoms with van der Waals surface area (Å²) in [4.78, 5) is 87.4. The molecule has 2 aliphatic rings. The average molecular weight is 849 g/mol. The third kappa shape index (κ3) is 8.27. The fourth-order valence-electron chi connectivity index (χ4n) is 7.63. The molecule has 0 spiro atoms. The van der Waals surface area contributed by atoms with E-state index in [4.69, 9.17) is 4.74 Å². The van der Waals surface area contributed by atoms with Crippen molar-refractivity contribution in [3.05, 3.63) is 105 Å².